The number of hydrogen-bond donors (Lipinski definition) is 1. The van der Waals surface area contributed by atoms with Gasteiger partial charge in [-0.2, -0.15) is 0 Å². The molecule has 2 rings (SSSR count). The third-order valence-corrected chi connectivity index (χ3v) is 3.89. The van der Waals surface area contributed by atoms with Crippen LogP contribution in [0.4, 0.5) is 0 Å². The van der Waals surface area contributed by atoms with Crippen LogP contribution in [0.25, 0.3) is 0 Å². The molecule has 1 aromatic heterocycles. The lowest BCUT2D eigenvalue weighted by Gasteiger charge is -2.35. The Morgan fingerprint density at radius 2 is 2.24 bits per heavy atom. The number of rotatable bonds is 4. The van der Waals surface area contributed by atoms with E-state index < -0.39 is 0 Å². The SMILES string of the molecule is COC(C)Cn1cncc1C1(C)CCNCC1. The molecule has 0 amide bonds. The van der Waals surface area contributed by atoms with Gasteiger partial charge in [0.2, 0.25) is 0 Å². The Morgan fingerprint density at radius 1 is 1.53 bits per heavy atom. The second-order valence-electron chi connectivity index (χ2n) is 5.29. The lowest BCUT2D eigenvalue weighted by Crippen LogP contribution is -2.39. The van der Waals surface area contributed by atoms with E-state index in [4.69, 9.17) is 4.74 Å². The molecule has 1 aliphatic rings. The van der Waals surface area contributed by atoms with Crippen molar-refractivity contribution in [2.24, 2.45) is 0 Å². The molecule has 1 N–H and O–H groups in total. The lowest BCUT2D eigenvalue weighted by atomic mass is 9.78. The Bertz CT molecular complexity index is 355. The summed E-state index contributed by atoms with van der Waals surface area (Å²) in [5, 5.41) is 3.42. The van der Waals surface area contributed by atoms with Crippen molar-refractivity contribution in [3.05, 3.63) is 18.2 Å². The first-order valence-corrected chi connectivity index (χ1v) is 6.40. The van der Waals surface area contributed by atoms with Gasteiger partial charge in [0.1, 0.15) is 0 Å². The third kappa shape index (κ3) is 2.69. The quantitative estimate of drug-likeness (QED) is 0.863. The molecule has 4 heteroatoms. The van der Waals surface area contributed by atoms with E-state index in [1.165, 1.54) is 18.5 Å². The van der Waals surface area contributed by atoms with Gasteiger partial charge in [0, 0.05) is 31.0 Å². The van der Waals surface area contributed by atoms with E-state index in [0.29, 0.717) is 0 Å². The summed E-state index contributed by atoms with van der Waals surface area (Å²) in [5.41, 5.74) is 1.61. The number of methoxy groups -OCH3 is 1. The smallest absolute Gasteiger partial charge is 0.0949 e. The summed E-state index contributed by atoms with van der Waals surface area (Å²) < 4.78 is 7.59. The van der Waals surface area contributed by atoms with Crippen LogP contribution in [0.1, 0.15) is 32.4 Å². The van der Waals surface area contributed by atoms with Crippen molar-refractivity contribution in [2.45, 2.75) is 44.8 Å². The molecule has 0 radical (unpaired) electrons. The Hall–Kier alpha value is -0.870. The maximum atomic E-state index is 5.34. The second kappa shape index (κ2) is 5.19. The van der Waals surface area contributed by atoms with Gasteiger partial charge in [-0.15, -0.1) is 0 Å². The maximum Gasteiger partial charge on any atom is 0.0949 e. The van der Waals surface area contributed by atoms with Crippen molar-refractivity contribution < 1.29 is 4.74 Å². The Labute approximate surface area is 103 Å². The Balaban J connectivity index is 2.17. The fourth-order valence-corrected chi connectivity index (χ4v) is 2.56. The molecule has 96 valence electrons. The van der Waals surface area contributed by atoms with Gasteiger partial charge in [0.15, 0.2) is 0 Å². The van der Waals surface area contributed by atoms with Crippen molar-refractivity contribution >= 4 is 0 Å². The van der Waals surface area contributed by atoms with E-state index in [-0.39, 0.29) is 11.5 Å². The van der Waals surface area contributed by atoms with E-state index in [1.54, 1.807) is 7.11 Å². The zero-order valence-electron chi connectivity index (χ0n) is 11.1. The summed E-state index contributed by atoms with van der Waals surface area (Å²) in [6.07, 6.45) is 6.54. The molecule has 17 heavy (non-hydrogen) atoms. The minimum Gasteiger partial charge on any atom is -0.380 e. The molecule has 1 fully saturated rings. The predicted octanol–water partition coefficient (Wildman–Crippen LogP) is 1.56. The fraction of sp³-hybridized carbons (Fsp3) is 0.769. The molecule has 2 heterocycles. The van der Waals surface area contributed by atoms with Crippen LogP contribution >= 0.6 is 0 Å². The van der Waals surface area contributed by atoms with Crippen LogP contribution in [-0.4, -0.2) is 35.9 Å². The highest BCUT2D eigenvalue weighted by molar-refractivity contribution is 5.15. The van der Waals surface area contributed by atoms with Crippen LogP contribution < -0.4 is 5.32 Å². The second-order valence-corrected chi connectivity index (χ2v) is 5.29. The van der Waals surface area contributed by atoms with Crippen molar-refractivity contribution in [2.75, 3.05) is 20.2 Å². The summed E-state index contributed by atoms with van der Waals surface area (Å²) in [4.78, 5) is 4.32. The summed E-state index contributed by atoms with van der Waals surface area (Å²) in [6.45, 7) is 7.52. The number of nitrogens with one attached hydrogen (secondary N) is 1. The van der Waals surface area contributed by atoms with Gasteiger partial charge in [0.25, 0.3) is 0 Å². The highest BCUT2D eigenvalue weighted by Gasteiger charge is 2.31. The van der Waals surface area contributed by atoms with Crippen molar-refractivity contribution in [3.63, 3.8) is 0 Å². The summed E-state index contributed by atoms with van der Waals surface area (Å²) in [5.74, 6) is 0. The molecule has 1 unspecified atom stereocenters. The van der Waals surface area contributed by atoms with E-state index in [0.717, 1.165) is 19.6 Å². The van der Waals surface area contributed by atoms with Crippen LogP contribution in [0.3, 0.4) is 0 Å². The predicted molar refractivity (Wildman–Crippen MR) is 68.2 cm³/mol. The minimum absolute atomic E-state index is 0.230. The molecule has 1 aliphatic heterocycles. The zero-order chi connectivity index (χ0) is 12.3. The molecule has 4 nitrogen and oxygen atoms in total. The minimum atomic E-state index is 0.230. The van der Waals surface area contributed by atoms with Gasteiger partial charge in [-0.3, -0.25) is 0 Å². The van der Waals surface area contributed by atoms with E-state index in [9.17, 15) is 0 Å². The normalized spacial score (nSPS) is 21.4. The lowest BCUT2D eigenvalue weighted by molar-refractivity contribution is 0.101. The molecule has 1 atom stereocenters. The van der Waals surface area contributed by atoms with Crippen LogP contribution in [0, 0.1) is 0 Å². The van der Waals surface area contributed by atoms with Gasteiger partial charge in [-0.25, -0.2) is 4.98 Å². The standard InChI is InChI=1S/C13H23N3O/c1-11(17-3)9-16-10-15-8-12(16)13(2)4-6-14-7-5-13/h8,10-11,14H,4-7,9H2,1-3H3. The van der Waals surface area contributed by atoms with Gasteiger partial charge < -0.3 is 14.6 Å². The van der Waals surface area contributed by atoms with Crippen LogP contribution in [0.15, 0.2) is 12.5 Å². The number of piperidine rings is 1. The van der Waals surface area contributed by atoms with Crippen LogP contribution in [-0.2, 0) is 16.7 Å². The van der Waals surface area contributed by atoms with E-state index in [1.807, 2.05) is 12.5 Å². The van der Waals surface area contributed by atoms with Gasteiger partial charge >= 0.3 is 0 Å². The third-order valence-electron chi connectivity index (χ3n) is 3.89. The number of nitrogens with zero attached hydrogens (tertiary/aromatic N) is 2. The Morgan fingerprint density at radius 3 is 2.88 bits per heavy atom. The number of imidazole rings is 1. The molecular weight excluding hydrogens is 214 g/mol. The molecule has 0 spiro atoms. The molecular formula is C13H23N3O. The van der Waals surface area contributed by atoms with E-state index in [2.05, 4.69) is 28.7 Å². The first kappa shape index (κ1) is 12.6. The molecule has 1 aromatic rings. The molecule has 0 aliphatic carbocycles. The summed E-state index contributed by atoms with van der Waals surface area (Å²) >= 11 is 0. The monoisotopic (exact) mass is 237 g/mol. The van der Waals surface area contributed by atoms with Crippen molar-refractivity contribution in [1.29, 1.82) is 0 Å². The summed E-state index contributed by atoms with van der Waals surface area (Å²) in [6, 6.07) is 0. The topological polar surface area (TPSA) is 39.1 Å². The number of aromatic nitrogens is 2. The molecule has 0 aromatic carbocycles. The first-order chi connectivity index (χ1) is 8.15. The maximum absolute atomic E-state index is 5.34. The van der Waals surface area contributed by atoms with Gasteiger partial charge in [-0.05, 0) is 32.9 Å². The molecule has 0 saturated carbocycles. The van der Waals surface area contributed by atoms with Crippen LogP contribution in [0.5, 0.6) is 0 Å². The highest BCUT2D eigenvalue weighted by Crippen LogP contribution is 2.32. The van der Waals surface area contributed by atoms with Crippen molar-refractivity contribution in [1.82, 2.24) is 14.9 Å². The van der Waals surface area contributed by atoms with Crippen LogP contribution in [0.2, 0.25) is 0 Å². The van der Waals surface area contributed by atoms with Crippen molar-refractivity contribution in [3.8, 4) is 0 Å². The van der Waals surface area contributed by atoms with Gasteiger partial charge in [-0.1, -0.05) is 6.92 Å². The Kier molecular flexibility index (Phi) is 3.84. The summed E-state index contributed by atoms with van der Waals surface area (Å²) in [7, 11) is 1.76. The zero-order valence-corrected chi connectivity index (χ0v) is 11.1. The molecule has 1 saturated heterocycles. The van der Waals surface area contributed by atoms with Gasteiger partial charge in [0.05, 0.1) is 12.4 Å². The fourth-order valence-electron chi connectivity index (χ4n) is 2.56. The largest absolute Gasteiger partial charge is 0.380 e. The first-order valence-electron chi connectivity index (χ1n) is 6.40. The number of hydrogen-bond acceptors (Lipinski definition) is 3. The highest BCUT2D eigenvalue weighted by atomic mass is 16.5. The molecule has 0 bridgehead atoms. The van der Waals surface area contributed by atoms with E-state index >= 15 is 0 Å². The number of ether oxygens (including phenoxy) is 1. The average Bonchev–Trinajstić information content (AvgIpc) is 2.78. The average molecular weight is 237 g/mol.